The Balaban J connectivity index is 1.86. The molecule has 2 rings (SSSR count). The van der Waals surface area contributed by atoms with Crippen molar-refractivity contribution >= 4 is 11.6 Å². The van der Waals surface area contributed by atoms with Gasteiger partial charge < -0.3 is 10.4 Å². The lowest BCUT2D eigenvalue weighted by molar-refractivity contribution is 0.169. The van der Waals surface area contributed by atoms with E-state index in [1.54, 1.807) is 0 Å². The maximum absolute atomic E-state index is 10.1. The van der Waals surface area contributed by atoms with E-state index in [0.29, 0.717) is 23.0 Å². The second-order valence-electron chi connectivity index (χ2n) is 6.05. The van der Waals surface area contributed by atoms with Crippen LogP contribution in [0.15, 0.2) is 24.3 Å². The van der Waals surface area contributed by atoms with Crippen LogP contribution in [0.3, 0.4) is 0 Å². The lowest BCUT2D eigenvalue weighted by Gasteiger charge is -2.20. The van der Waals surface area contributed by atoms with E-state index in [0.717, 1.165) is 5.56 Å². The third-order valence-electron chi connectivity index (χ3n) is 3.83. The van der Waals surface area contributed by atoms with Crippen LogP contribution in [0.4, 0.5) is 0 Å². The lowest BCUT2D eigenvalue weighted by atomic mass is 9.92. The Kier molecular flexibility index (Phi) is 4.31. The van der Waals surface area contributed by atoms with Crippen LogP contribution in [-0.2, 0) is 0 Å². The summed E-state index contributed by atoms with van der Waals surface area (Å²) in [7, 11) is 0. The molecule has 2 nitrogen and oxygen atoms in total. The second kappa shape index (κ2) is 5.60. The molecule has 1 aliphatic rings. The predicted octanol–water partition coefficient (Wildman–Crippen LogP) is 3.54. The Bertz CT molecular complexity index is 405. The monoisotopic (exact) mass is 267 g/mol. The maximum Gasteiger partial charge on any atom is 0.0928 e. The number of nitrogens with one attached hydrogen (secondary N) is 1. The minimum Gasteiger partial charge on any atom is -0.387 e. The quantitative estimate of drug-likeness (QED) is 0.875. The highest BCUT2D eigenvalue weighted by atomic mass is 35.5. The fourth-order valence-electron chi connectivity index (χ4n) is 2.74. The van der Waals surface area contributed by atoms with Crippen LogP contribution >= 0.6 is 11.6 Å². The molecule has 1 fully saturated rings. The van der Waals surface area contributed by atoms with Crippen molar-refractivity contribution in [2.75, 3.05) is 6.54 Å². The highest BCUT2D eigenvalue weighted by molar-refractivity contribution is 6.31. The third kappa shape index (κ3) is 3.47. The molecule has 1 aromatic rings. The Hall–Kier alpha value is -0.570. The summed E-state index contributed by atoms with van der Waals surface area (Å²) < 4.78 is 0. The predicted molar refractivity (Wildman–Crippen MR) is 75.8 cm³/mol. The van der Waals surface area contributed by atoms with Crippen LogP contribution in [0.1, 0.15) is 44.8 Å². The number of hydrogen-bond donors (Lipinski definition) is 2. The number of aliphatic hydroxyl groups excluding tert-OH is 1. The van der Waals surface area contributed by atoms with Crippen molar-refractivity contribution in [2.24, 2.45) is 5.41 Å². The topological polar surface area (TPSA) is 32.3 Å². The van der Waals surface area contributed by atoms with E-state index < -0.39 is 6.10 Å². The van der Waals surface area contributed by atoms with E-state index >= 15 is 0 Å². The van der Waals surface area contributed by atoms with E-state index in [2.05, 4.69) is 19.2 Å². The van der Waals surface area contributed by atoms with Crippen molar-refractivity contribution in [1.29, 1.82) is 0 Å². The molecule has 3 heteroatoms. The molecule has 0 heterocycles. The molecule has 2 N–H and O–H groups in total. The van der Waals surface area contributed by atoms with Gasteiger partial charge in [-0.05, 0) is 30.7 Å². The van der Waals surface area contributed by atoms with Crippen LogP contribution < -0.4 is 5.32 Å². The molecule has 0 saturated heterocycles. The second-order valence-corrected chi connectivity index (χ2v) is 6.46. The molecular formula is C15H22ClNO. The molecule has 2 atom stereocenters. The standard InChI is InChI=1S/C15H22ClNO/c1-15(2)8-7-11(9-15)17-10-14(18)12-5-3-4-6-13(12)16/h3-6,11,14,17-18H,7-10H2,1-2H3. The zero-order valence-corrected chi connectivity index (χ0v) is 11.9. The molecule has 0 amide bonds. The summed E-state index contributed by atoms with van der Waals surface area (Å²) >= 11 is 6.07. The highest BCUT2D eigenvalue weighted by Crippen LogP contribution is 2.37. The third-order valence-corrected chi connectivity index (χ3v) is 4.18. The number of benzene rings is 1. The van der Waals surface area contributed by atoms with Gasteiger partial charge in [0.2, 0.25) is 0 Å². The molecular weight excluding hydrogens is 246 g/mol. The van der Waals surface area contributed by atoms with Gasteiger partial charge in [0.25, 0.3) is 0 Å². The molecule has 0 radical (unpaired) electrons. The van der Waals surface area contributed by atoms with Gasteiger partial charge in [-0.25, -0.2) is 0 Å². The molecule has 2 unspecified atom stereocenters. The van der Waals surface area contributed by atoms with E-state index in [1.807, 2.05) is 24.3 Å². The molecule has 0 aliphatic heterocycles. The molecule has 18 heavy (non-hydrogen) atoms. The molecule has 0 bridgehead atoms. The first-order chi connectivity index (χ1) is 8.48. The van der Waals surface area contributed by atoms with Crippen molar-refractivity contribution in [2.45, 2.75) is 45.3 Å². The van der Waals surface area contributed by atoms with Gasteiger partial charge in [-0.1, -0.05) is 43.6 Å². The van der Waals surface area contributed by atoms with Gasteiger partial charge in [0.1, 0.15) is 0 Å². The van der Waals surface area contributed by atoms with Crippen molar-refractivity contribution in [3.63, 3.8) is 0 Å². The first-order valence-corrected chi connectivity index (χ1v) is 7.02. The summed E-state index contributed by atoms with van der Waals surface area (Å²) in [5.74, 6) is 0. The van der Waals surface area contributed by atoms with Gasteiger partial charge >= 0.3 is 0 Å². The van der Waals surface area contributed by atoms with Crippen molar-refractivity contribution in [1.82, 2.24) is 5.32 Å². The summed E-state index contributed by atoms with van der Waals surface area (Å²) in [6.07, 6.45) is 3.11. The highest BCUT2D eigenvalue weighted by Gasteiger charge is 2.30. The largest absolute Gasteiger partial charge is 0.387 e. The summed E-state index contributed by atoms with van der Waals surface area (Å²) in [5.41, 5.74) is 1.25. The number of hydrogen-bond acceptors (Lipinski definition) is 2. The number of rotatable bonds is 4. The Morgan fingerprint density at radius 3 is 2.78 bits per heavy atom. The average Bonchev–Trinajstić information content (AvgIpc) is 2.66. The molecule has 1 aliphatic carbocycles. The van der Waals surface area contributed by atoms with Crippen molar-refractivity contribution in [3.8, 4) is 0 Å². The Morgan fingerprint density at radius 1 is 1.44 bits per heavy atom. The average molecular weight is 268 g/mol. The first kappa shape index (κ1) is 13.9. The van der Waals surface area contributed by atoms with Gasteiger partial charge in [0, 0.05) is 23.2 Å². The van der Waals surface area contributed by atoms with E-state index in [-0.39, 0.29) is 0 Å². The van der Waals surface area contributed by atoms with Crippen molar-refractivity contribution < 1.29 is 5.11 Å². The minimum absolute atomic E-state index is 0.438. The molecule has 1 saturated carbocycles. The van der Waals surface area contributed by atoms with Gasteiger partial charge in [-0.3, -0.25) is 0 Å². The summed E-state index contributed by atoms with van der Waals surface area (Å²) in [6.45, 7) is 5.18. The lowest BCUT2D eigenvalue weighted by Crippen LogP contribution is -2.31. The smallest absolute Gasteiger partial charge is 0.0928 e. The summed E-state index contributed by atoms with van der Waals surface area (Å²) in [5, 5.41) is 14.2. The van der Waals surface area contributed by atoms with Crippen LogP contribution in [0.2, 0.25) is 5.02 Å². The van der Waals surface area contributed by atoms with Gasteiger partial charge in [0.05, 0.1) is 6.10 Å². The minimum atomic E-state index is -0.526. The van der Waals surface area contributed by atoms with Crippen LogP contribution in [0.25, 0.3) is 0 Å². The summed E-state index contributed by atoms with van der Waals surface area (Å²) in [4.78, 5) is 0. The Labute approximate surface area is 114 Å². The fourth-order valence-corrected chi connectivity index (χ4v) is 3.01. The van der Waals surface area contributed by atoms with Crippen molar-refractivity contribution in [3.05, 3.63) is 34.9 Å². The number of halogens is 1. The molecule has 0 aromatic heterocycles. The Morgan fingerprint density at radius 2 is 2.17 bits per heavy atom. The van der Waals surface area contributed by atoms with E-state index in [9.17, 15) is 5.11 Å². The SMILES string of the molecule is CC1(C)CCC(NCC(O)c2ccccc2Cl)C1. The van der Waals surface area contributed by atoms with Gasteiger partial charge in [-0.15, -0.1) is 0 Å². The fraction of sp³-hybridized carbons (Fsp3) is 0.600. The van der Waals surface area contributed by atoms with Crippen LogP contribution in [0.5, 0.6) is 0 Å². The maximum atomic E-state index is 10.1. The zero-order valence-electron chi connectivity index (χ0n) is 11.1. The molecule has 100 valence electrons. The van der Waals surface area contributed by atoms with E-state index in [1.165, 1.54) is 19.3 Å². The first-order valence-electron chi connectivity index (χ1n) is 6.64. The molecule has 0 spiro atoms. The van der Waals surface area contributed by atoms with Crippen LogP contribution in [-0.4, -0.2) is 17.7 Å². The summed E-state index contributed by atoms with van der Waals surface area (Å²) in [6, 6.07) is 8.01. The zero-order chi connectivity index (χ0) is 13.2. The van der Waals surface area contributed by atoms with Gasteiger partial charge in [-0.2, -0.15) is 0 Å². The van der Waals surface area contributed by atoms with Gasteiger partial charge in [0.15, 0.2) is 0 Å². The normalized spacial score (nSPS) is 24.1. The van der Waals surface area contributed by atoms with Crippen LogP contribution in [0, 0.1) is 5.41 Å². The number of aliphatic hydroxyl groups is 1. The molecule has 1 aromatic carbocycles. The van der Waals surface area contributed by atoms with E-state index in [4.69, 9.17) is 11.6 Å².